The molecule has 0 atom stereocenters. The molecular weight excluding hydrogens is 216 g/mol. The number of rotatable bonds is 5. The zero-order valence-corrected chi connectivity index (χ0v) is 9.37. The van der Waals surface area contributed by atoms with Crippen LogP contribution in [-0.2, 0) is 4.79 Å². The zero-order chi connectivity index (χ0) is 10.0. The van der Waals surface area contributed by atoms with Crippen molar-refractivity contribution in [2.24, 2.45) is 5.41 Å². The molecule has 0 bridgehead atoms. The molecule has 2 rings (SSSR count). The van der Waals surface area contributed by atoms with Gasteiger partial charge < -0.3 is 5.11 Å². The molecule has 1 N–H and O–H groups in total. The van der Waals surface area contributed by atoms with E-state index in [-0.39, 0.29) is 5.41 Å². The third kappa shape index (κ3) is 2.51. The molecule has 0 amide bonds. The highest BCUT2D eigenvalue weighted by atomic mass is 32.2. The Morgan fingerprint density at radius 3 is 2.93 bits per heavy atom. The maximum absolute atomic E-state index is 10.6. The van der Waals surface area contributed by atoms with E-state index in [0.717, 1.165) is 18.6 Å². The van der Waals surface area contributed by atoms with Crippen LogP contribution in [-0.4, -0.2) is 16.8 Å². The monoisotopic (exact) mass is 228 g/mol. The van der Waals surface area contributed by atoms with Gasteiger partial charge in [0.15, 0.2) is 0 Å². The lowest BCUT2D eigenvalue weighted by molar-refractivity contribution is -0.138. The van der Waals surface area contributed by atoms with Crippen molar-refractivity contribution in [2.75, 3.05) is 5.75 Å². The van der Waals surface area contributed by atoms with Crippen LogP contribution in [0.25, 0.3) is 0 Å². The molecule has 1 heterocycles. The molecule has 1 saturated carbocycles. The van der Waals surface area contributed by atoms with E-state index in [2.05, 4.69) is 11.4 Å². The summed E-state index contributed by atoms with van der Waals surface area (Å²) in [5.74, 6) is 0.300. The molecule has 1 aliphatic carbocycles. The molecule has 1 fully saturated rings. The zero-order valence-electron chi connectivity index (χ0n) is 7.73. The average molecular weight is 228 g/mol. The van der Waals surface area contributed by atoms with Gasteiger partial charge in [-0.15, -0.1) is 23.1 Å². The largest absolute Gasteiger partial charge is 0.481 e. The summed E-state index contributed by atoms with van der Waals surface area (Å²) >= 11 is 3.52. The second kappa shape index (κ2) is 3.95. The van der Waals surface area contributed by atoms with Crippen molar-refractivity contribution < 1.29 is 9.90 Å². The minimum Gasteiger partial charge on any atom is -0.481 e. The highest BCUT2D eigenvalue weighted by molar-refractivity contribution is 8.01. The van der Waals surface area contributed by atoms with Crippen molar-refractivity contribution >= 4 is 29.1 Å². The van der Waals surface area contributed by atoms with Crippen LogP contribution in [0, 0.1) is 5.41 Å². The Hall–Kier alpha value is -0.480. The minimum absolute atomic E-state index is 0.112. The number of carboxylic acids is 1. The van der Waals surface area contributed by atoms with E-state index in [1.54, 1.807) is 23.1 Å². The smallest absolute Gasteiger partial charge is 0.303 e. The highest BCUT2D eigenvalue weighted by Crippen LogP contribution is 2.52. The van der Waals surface area contributed by atoms with Crippen LogP contribution in [0.3, 0.4) is 0 Å². The summed E-state index contributed by atoms with van der Waals surface area (Å²) in [7, 11) is 0. The van der Waals surface area contributed by atoms with Crippen LogP contribution in [0.1, 0.15) is 19.3 Å². The maximum atomic E-state index is 10.6. The van der Waals surface area contributed by atoms with E-state index in [9.17, 15) is 4.79 Å². The van der Waals surface area contributed by atoms with Crippen molar-refractivity contribution in [3.05, 3.63) is 17.5 Å². The molecule has 0 aromatic carbocycles. The minimum atomic E-state index is -0.658. The van der Waals surface area contributed by atoms with E-state index in [0.29, 0.717) is 6.42 Å². The Labute approximate surface area is 91.3 Å². The van der Waals surface area contributed by atoms with Crippen LogP contribution < -0.4 is 0 Å². The van der Waals surface area contributed by atoms with Gasteiger partial charge in [-0.05, 0) is 29.7 Å². The number of carbonyl (C=O) groups is 1. The summed E-state index contributed by atoms with van der Waals surface area (Å²) in [6.45, 7) is 0. The number of hydrogen-bond donors (Lipinski definition) is 1. The third-order valence-corrected chi connectivity index (χ3v) is 4.98. The number of carboxylic acid groups (broad SMARTS) is 1. The van der Waals surface area contributed by atoms with E-state index >= 15 is 0 Å². The first-order valence-corrected chi connectivity index (χ1v) is 6.45. The number of aliphatic carboxylic acids is 1. The molecule has 14 heavy (non-hydrogen) atoms. The topological polar surface area (TPSA) is 37.3 Å². The summed E-state index contributed by atoms with van der Waals surface area (Å²) in [5, 5.41) is 10.8. The Morgan fingerprint density at radius 2 is 2.43 bits per heavy atom. The molecule has 1 aromatic heterocycles. The fourth-order valence-electron chi connectivity index (χ4n) is 1.44. The normalized spacial score (nSPS) is 18.0. The SMILES string of the molecule is O=C(O)CC1(CSc2cccs2)CC1. The molecule has 2 nitrogen and oxygen atoms in total. The van der Waals surface area contributed by atoms with E-state index < -0.39 is 5.97 Å². The lowest BCUT2D eigenvalue weighted by atomic mass is 10.1. The summed E-state index contributed by atoms with van der Waals surface area (Å²) in [4.78, 5) is 10.6. The fraction of sp³-hybridized carbons (Fsp3) is 0.500. The molecule has 76 valence electrons. The molecule has 0 unspecified atom stereocenters. The first-order valence-electron chi connectivity index (χ1n) is 4.58. The fourth-order valence-corrected chi connectivity index (χ4v) is 3.52. The van der Waals surface area contributed by atoms with Gasteiger partial charge in [-0.1, -0.05) is 6.07 Å². The van der Waals surface area contributed by atoms with Crippen molar-refractivity contribution in [1.82, 2.24) is 0 Å². The van der Waals surface area contributed by atoms with Crippen molar-refractivity contribution in [3.8, 4) is 0 Å². The van der Waals surface area contributed by atoms with E-state index in [4.69, 9.17) is 5.11 Å². The molecular formula is C10H12O2S2. The molecule has 1 aliphatic rings. The van der Waals surface area contributed by atoms with Gasteiger partial charge in [0.05, 0.1) is 10.6 Å². The predicted molar refractivity (Wildman–Crippen MR) is 59.0 cm³/mol. The molecule has 0 saturated heterocycles. The second-order valence-corrected chi connectivity index (χ2v) is 6.01. The molecule has 0 aliphatic heterocycles. The molecule has 0 spiro atoms. The average Bonchev–Trinajstić information content (AvgIpc) is 2.68. The number of thiophene rings is 1. The standard InChI is InChI=1S/C10H12O2S2/c11-8(12)6-10(3-4-10)7-14-9-2-1-5-13-9/h1-2,5H,3-4,6-7H2,(H,11,12). The van der Waals surface area contributed by atoms with E-state index in [1.807, 2.05) is 6.07 Å². The first-order chi connectivity index (χ1) is 6.70. The quantitative estimate of drug-likeness (QED) is 0.787. The van der Waals surface area contributed by atoms with Gasteiger partial charge in [0.1, 0.15) is 0 Å². The summed E-state index contributed by atoms with van der Waals surface area (Å²) in [6.07, 6.45) is 2.50. The van der Waals surface area contributed by atoms with Crippen molar-refractivity contribution in [3.63, 3.8) is 0 Å². The molecule has 0 radical (unpaired) electrons. The number of hydrogen-bond acceptors (Lipinski definition) is 3. The lowest BCUT2D eigenvalue weighted by Gasteiger charge is -2.10. The van der Waals surface area contributed by atoms with Gasteiger partial charge in [-0.3, -0.25) is 4.79 Å². The Bertz CT molecular complexity index is 315. The maximum Gasteiger partial charge on any atom is 0.303 e. The molecule has 4 heteroatoms. The Kier molecular flexibility index (Phi) is 2.83. The number of thioether (sulfide) groups is 1. The van der Waals surface area contributed by atoms with Gasteiger partial charge in [-0.2, -0.15) is 0 Å². The van der Waals surface area contributed by atoms with Crippen LogP contribution in [0.5, 0.6) is 0 Å². The Balaban J connectivity index is 1.83. The molecule has 1 aromatic rings. The van der Waals surface area contributed by atoms with Gasteiger partial charge in [0.2, 0.25) is 0 Å². The first kappa shape index (κ1) is 10.1. The van der Waals surface area contributed by atoms with Gasteiger partial charge >= 0.3 is 5.97 Å². The van der Waals surface area contributed by atoms with Crippen molar-refractivity contribution in [2.45, 2.75) is 23.5 Å². The predicted octanol–water partition coefficient (Wildman–Crippen LogP) is 3.10. The summed E-state index contributed by atoms with van der Waals surface area (Å²) < 4.78 is 1.29. The van der Waals surface area contributed by atoms with Crippen molar-refractivity contribution in [1.29, 1.82) is 0 Å². The third-order valence-electron chi connectivity index (χ3n) is 2.50. The lowest BCUT2D eigenvalue weighted by Crippen LogP contribution is -2.10. The van der Waals surface area contributed by atoms with Crippen LogP contribution in [0.15, 0.2) is 21.7 Å². The van der Waals surface area contributed by atoms with Crippen LogP contribution in [0.2, 0.25) is 0 Å². The van der Waals surface area contributed by atoms with Gasteiger partial charge in [-0.25, -0.2) is 0 Å². The summed E-state index contributed by atoms with van der Waals surface area (Å²) in [5.41, 5.74) is 0.112. The van der Waals surface area contributed by atoms with E-state index in [1.165, 1.54) is 4.21 Å². The van der Waals surface area contributed by atoms with Crippen LogP contribution in [0.4, 0.5) is 0 Å². The Morgan fingerprint density at radius 1 is 1.64 bits per heavy atom. The van der Waals surface area contributed by atoms with Crippen LogP contribution >= 0.6 is 23.1 Å². The van der Waals surface area contributed by atoms with Gasteiger partial charge in [0, 0.05) is 5.75 Å². The van der Waals surface area contributed by atoms with Gasteiger partial charge in [0.25, 0.3) is 0 Å². The second-order valence-electron chi connectivity index (χ2n) is 3.79. The summed E-state index contributed by atoms with van der Waals surface area (Å²) in [6, 6.07) is 4.12. The highest BCUT2D eigenvalue weighted by Gasteiger charge is 2.44.